The number of esters is 1. The Morgan fingerprint density at radius 1 is 1.69 bits per heavy atom. The summed E-state index contributed by atoms with van der Waals surface area (Å²) in [6, 6.07) is 2.68. The Kier molecular flexibility index (Phi) is 4.06. The van der Waals surface area contributed by atoms with Gasteiger partial charge < -0.3 is 10.5 Å². The van der Waals surface area contributed by atoms with Gasteiger partial charge in [0.15, 0.2) is 0 Å². The number of carbonyl (C=O) groups is 1. The number of anilines is 1. The molecule has 1 rings (SSSR count). The summed E-state index contributed by atoms with van der Waals surface area (Å²) < 4.78 is 4.44. The molecule has 0 aliphatic heterocycles. The van der Waals surface area contributed by atoms with Crippen molar-refractivity contribution < 1.29 is 14.5 Å². The first-order valence-electron chi connectivity index (χ1n) is 4.15. The SMILES string of the molecule is COC(=O)CSc1ccc([N+](=O)[O-])c(N)n1. The van der Waals surface area contributed by atoms with Gasteiger partial charge in [0.2, 0.25) is 5.82 Å². The molecule has 86 valence electrons. The molecule has 0 aliphatic carbocycles. The largest absolute Gasteiger partial charge is 0.468 e. The molecule has 2 N–H and O–H groups in total. The van der Waals surface area contributed by atoms with Gasteiger partial charge in [0.1, 0.15) is 0 Å². The molecule has 0 radical (unpaired) electrons. The molecule has 0 aromatic carbocycles. The minimum Gasteiger partial charge on any atom is -0.468 e. The maximum absolute atomic E-state index is 10.8. The van der Waals surface area contributed by atoms with E-state index in [1.165, 1.54) is 19.2 Å². The van der Waals surface area contributed by atoms with Crippen LogP contribution in [0.5, 0.6) is 0 Å². The van der Waals surface area contributed by atoms with Gasteiger partial charge in [0, 0.05) is 6.07 Å². The molecule has 0 aliphatic rings. The molecule has 0 unspecified atom stereocenters. The topological polar surface area (TPSA) is 108 Å². The second-order valence-electron chi connectivity index (χ2n) is 2.68. The summed E-state index contributed by atoms with van der Waals surface area (Å²) >= 11 is 1.10. The number of nitrogens with zero attached hydrogens (tertiary/aromatic N) is 2. The predicted molar refractivity (Wildman–Crippen MR) is 58.0 cm³/mol. The van der Waals surface area contributed by atoms with Gasteiger partial charge in [-0.3, -0.25) is 14.9 Å². The van der Waals surface area contributed by atoms with E-state index in [1.807, 2.05) is 0 Å². The number of methoxy groups -OCH3 is 1. The van der Waals surface area contributed by atoms with Crippen molar-refractivity contribution in [1.82, 2.24) is 4.98 Å². The number of hydrogen-bond donors (Lipinski definition) is 1. The minimum absolute atomic E-state index is 0.0841. The maximum atomic E-state index is 10.8. The van der Waals surface area contributed by atoms with Crippen LogP contribution in [-0.4, -0.2) is 28.7 Å². The third-order valence-electron chi connectivity index (χ3n) is 1.64. The van der Waals surface area contributed by atoms with Crippen LogP contribution in [0.15, 0.2) is 17.2 Å². The van der Waals surface area contributed by atoms with E-state index >= 15 is 0 Å². The fraction of sp³-hybridized carbons (Fsp3) is 0.250. The highest BCUT2D eigenvalue weighted by Gasteiger charge is 2.13. The van der Waals surface area contributed by atoms with Crippen molar-refractivity contribution in [3.05, 3.63) is 22.2 Å². The molecule has 0 saturated carbocycles. The van der Waals surface area contributed by atoms with Gasteiger partial charge in [0.25, 0.3) is 0 Å². The fourth-order valence-corrected chi connectivity index (χ4v) is 1.59. The van der Waals surface area contributed by atoms with Crippen molar-refractivity contribution in [3.63, 3.8) is 0 Å². The molecule has 1 heterocycles. The number of pyridine rings is 1. The third kappa shape index (κ3) is 3.09. The van der Waals surface area contributed by atoms with Crippen LogP contribution in [0.25, 0.3) is 0 Å². The van der Waals surface area contributed by atoms with Gasteiger partial charge in [-0.25, -0.2) is 4.98 Å². The Balaban J connectivity index is 2.74. The molecular weight excluding hydrogens is 234 g/mol. The van der Waals surface area contributed by atoms with Gasteiger partial charge in [-0.05, 0) is 6.07 Å². The highest BCUT2D eigenvalue weighted by Crippen LogP contribution is 2.23. The summed E-state index contributed by atoms with van der Waals surface area (Å²) in [5.74, 6) is -0.482. The Morgan fingerprint density at radius 3 is 2.88 bits per heavy atom. The van der Waals surface area contributed by atoms with Crippen LogP contribution in [0.4, 0.5) is 11.5 Å². The summed E-state index contributed by atoms with van der Waals surface area (Å²) in [5.41, 5.74) is 5.13. The van der Waals surface area contributed by atoms with E-state index < -0.39 is 10.9 Å². The number of carbonyl (C=O) groups excluding carboxylic acids is 1. The zero-order valence-corrected chi connectivity index (χ0v) is 9.19. The lowest BCUT2D eigenvalue weighted by Gasteiger charge is -2.01. The number of ether oxygens (including phenoxy) is 1. The maximum Gasteiger partial charge on any atom is 0.316 e. The van der Waals surface area contributed by atoms with Crippen molar-refractivity contribution in [1.29, 1.82) is 0 Å². The molecule has 16 heavy (non-hydrogen) atoms. The number of nitro groups is 1. The monoisotopic (exact) mass is 243 g/mol. The van der Waals surface area contributed by atoms with Gasteiger partial charge in [-0.15, -0.1) is 0 Å². The van der Waals surface area contributed by atoms with Crippen LogP contribution in [0.3, 0.4) is 0 Å². The molecule has 0 bridgehead atoms. The molecule has 0 fully saturated rings. The summed E-state index contributed by atoms with van der Waals surface area (Å²) in [7, 11) is 1.28. The van der Waals surface area contributed by atoms with E-state index in [2.05, 4.69) is 9.72 Å². The van der Waals surface area contributed by atoms with Crippen LogP contribution >= 0.6 is 11.8 Å². The van der Waals surface area contributed by atoms with Crippen molar-refractivity contribution in [2.45, 2.75) is 5.03 Å². The molecule has 8 heteroatoms. The number of hydrogen-bond acceptors (Lipinski definition) is 7. The van der Waals surface area contributed by atoms with Crippen molar-refractivity contribution in [2.24, 2.45) is 0 Å². The Morgan fingerprint density at radius 2 is 2.38 bits per heavy atom. The highest BCUT2D eigenvalue weighted by atomic mass is 32.2. The lowest BCUT2D eigenvalue weighted by atomic mass is 10.4. The number of thioether (sulfide) groups is 1. The van der Waals surface area contributed by atoms with Crippen molar-refractivity contribution >= 4 is 29.2 Å². The lowest BCUT2D eigenvalue weighted by molar-refractivity contribution is -0.384. The second kappa shape index (κ2) is 5.31. The Bertz CT molecular complexity index is 424. The van der Waals surface area contributed by atoms with Crippen molar-refractivity contribution in [3.8, 4) is 0 Å². The normalized spacial score (nSPS) is 9.81. The summed E-state index contributed by atoms with van der Waals surface area (Å²) in [4.78, 5) is 24.5. The lowest BCUT2D eigenvalue weighted by Crippen LogP contribution is -2.04. The van der Waals surface area contributed by atoms with Gasteiger partial charge in [-0.2, -0.15) is 0 Å². The van der Waals surface area contributed by atoms with E-state index in [4.69, 9.17) is 5.73 Å². The fourth-order valence-electron chi connectivity index (χ4n) is 0.875. The number of rotatable bonds is 4. The van der Waals surface area contributed by atoms with Crippen LogP contribution in [-0.2, 0) is 9.53 Å². The molecule has 1 aromatic rings. The summed E-state index contributed by atoms with van der Waals surface area (Å²) in [6.45, 7) is 0. The zero-order valence-electron chi connectivity index (χ0n) is 8.37. The second-order valence-corrected chi connectivity index (χ2v) is 3.67. The van der Waals surface area contributed by atoms with Crippen molar-refractivity contribution in [2.75, 3.05) is 18.6 Å². The smallest absolute Gasteiger partial charge is 0.316 e. The number of nitrogens with two attached hydrogens (primary N) is 1. The Labute approximate surface area is 95.1 Å². The third-order valence-corrected chi connectivity index (χ3v) is 2.54. The van der Waals surface area contributed by atoms with E-state index in [1.54, 1.807) is 0 Å². The standard InChI is InChI=1S/C8H9N3O4S/c1-15-7(12)4-16-6-3-2-5(11(13)14)8(9)10-6/h2-3H,4H2,1H3,(H2,9,10). The highest BCUT2D eigenvalue weighted by molar-refractivity contribution is 7.99. The Hall–Kier alpha value is -1.83. The average molecular weight is 243 g/mol. The van der Waals surface area contributed by atoms with Gasteiger partial charge in [0.05, 0.1) is 22.8 Å². The van der Waals surface area contributed by atoms with Gasteiger partial charge >= 0.3 is 11.7 Å². The first-order valence-corrected chi connectivity index (χ1v) is 5.13. The molecule has 7 nitrogen and oxygen atoms in total. The quantitative estimate of drug-likeness (QED) is 0.361. The molecular formula is C8H9N3O4S. The van der Waals surface area contributed by atoms with E-state index in [0.29, 0.717) is 5.03 Å². The summed E-state index contributed by atoms with van der Waals surface area (Å²) in [5, 5.41) is 10.9. The summed E-state index contributed by atoms with van der Waals surface area (Å²) in [6.07, 6.45) is 0. The van der Waals surface area contributed by atoms with E-state index in [-0.39, 0.29) is 17.3 Å². The number of aromatic nitrogens is 1. The van der Waals surface area contributed by atoms with Crippen LogP contribution in [0.2, 0.25) is 0 Å². The number of nitrogen functional groups attached to an aromatic ring is 1. The van der Waals surface area contributed by atoms with Crippen LogP contribution < -0.4 is 5.73 Å². The molecule has 0 atom stereocenters. The molecule has 0 amide bonds. The van der Waals surface area contributed by atoms with Crippen LogP contribution in [0, 0.1) is 10.1 Å². The van der Waals surface area contributed by atoms with E-state index in [9.17, 15) is 14.9 Å². The first-order chi connectivity index (χ1) is 7.54. The minimum atomic E-state index is -0.614. The average Bonchev–Trinajstić information content (AvgIpc) is 2.25. The predicted octanol–water partition coefficient (Wildman–Crippen LogP) is 0.837. The first kappa shape index (κ1) is 12.2. The van der Waals surface area contributed by atoms with Crippen LogP contribution in [0.1, 0.15) is 0 Å². The molecule has 0 spiro atoms. The molecule has 0 saturated heterocycles. The van der Waals surface area contributed by atoms with E-state index in [0.717, 1.165) is 11.8 Å². The van der Waals surface area contributed by atoms with Gasteiger partial charge in [-0.1, -0.05) is 11.8 Å². The molecule has 1 aromatic heterocycles. The zero-order chi connectivity index (χ0) is 12.1.